The minimum Gasteiger partial charge on any atom is -0.488 e. The fourth-order valence-electron chi connectivity index (χ4n) is 3.01. The molecule has 0 bridgehead atoms. The van der Waals surface area contributed by atoms with Gasteiger partial charge in [0.1, 0.15) is 18.1 Å². The molecule has 0 spiro atoms. The number of nitrogens with zero attached hydrogens (tertiary/aromatic N) is 1. The maximum Gasteiger partial charge on any atom is 0.368 e. The summed E-state index contributed by atoms with van der Waals surface area (Å²) in [6.45, 7) is 0.288. The van der Waals surface area contributed by atoms with E-state index < -0.39 is 11.9 Å². The molecule has 0 radical (unpaired) electrons. The molecule has 1 N–H and O–H groups in total. The molecule has 0 saturated heterocycles. The van der Waals surface area contributed by atoms with Crippen LogP contribution in [-0.2, 0) is 16.2 Å². The summed E-state index contributed by atoms with van der Waals surface area (Å²) < 4.78 is 6.55. The van der Waals surface area contributed by atoms with Crippen LogP contribution in [0.5, 0.6) is 5.75 Å². The van der Waals surface area contributed by atoms with Gasteiger partial charge < -0.3 is 14.7 Å². The number of benzene rings is 3. The van der Waals surface area contributed by atoms with E-state index >= 15 is 0 Å². The largest absolute Gasteiger partial charge is 0.488 e. The Labute approximate surface area is 186 Å². The predicted octanol–water partition coefficient (Wildman–Crippen LogP) is 5.07. The summed E-state index contributed by atoms with van der Waals surface area (Å²) in [6.07, 6.45) is 1.72. The molecule has 3 aromatic rings. The molecule has 0 unspecified atom stereocenters. The lowest BCUT2D eigenvalue weighted by Crippen LogP contribution is -2.06. The van der Waals surface area contributed by atoms with Crippen LogP contribution in [0.1, 0.15) is 27.0 Å². The lowest BCUT2D eigenvalue weighted by Gasteiger charge is -2.09. The van der Waals surface area contributed by atoms with Crippen molar-refractivity contribution in [2.24, 2.45) is 5.16 Å². The topological polar surface area (TPSA) is 85.2 Å². The van der Waals surface area contributed by atoms with E-state index in [-0.39, 0.29) is 12.2 Å². The van der Waals surface area contributed by atoms with Gasteiger partial charge in [0.25, 0.3) is 0 Å². The first-order valence-electron chi connectivity index (χ1n) is 9.32. The van der Waals surface area contributed by atoms with Gasteiger partial charge in [-0.2, -0.15) is 0 Å². The second kappa shape index (κ2) is 8.97. The van der Waals surface area contributed by atoms with E-state index in [2.05, 4.69) is 21.1 Å². The number of rotatable bonds is 6. The van der Waals surface area contributed by atoms with Crippen LogP contribution in [0.15, 0.2) is 88.0 Å². The van der Waals surface area contributed by atoms with Crippen molar-refractivity contribution in [2.75, 3.05) is 0 Å². The molecule has 31 heavy (non-hydrogen) atoms. The molecule has 0 saturated carbocycles. The Hall–Kier alpha value is -3.71. The molecule has 7 heteroatoms. The van der Waals surface area contributed by atoms with Crippen molar-refractivity contribution in [3.63, 3.8) is 0 Å². The third-order valence-electron chi connectivity index (χ3n) is 4.60. The van der Waals surface area contributed by atoms with Crippen molar-refractivity contribution >= 4 is 39.7 Å². The Bertz CT molecular complexity index is 1200. The Balaban J connectivity index is 1.50. The highest BCUT2D eigenvalue weighted by atomic mass is 79.9. The van der Waals surface area contributed by atoms with Crippen molar-refractivity contribution in [3.05, 3.63) is 105 Å². The maximum atomic E-state index is 12.2. The lowest BCUT2D eigenvalue weighted by atomic mass is 10.0. The van der Waals surface area contributed by atoms with Gasteiger partial charge in [-0.15, -0.1) is 0 Å². The molecule has 154 valence electrons. The summed E-state index contributed by atoms with van der Waals surface area (Å²) >= 11 is 3.50. The summed E-state index contributed by atoms with van der Waals surface area (Å²) in [5, 5.41) is 12.9. The van der Waals surface area contributed by atoms with Crippen LogP contribution >= 0.6 is 15.9 Å². The minimum atomic E-state index is -0.966. The third-order valence-corrected chi connectivity index (χ3v) is 5.22. The molecule has 4 rings (SSSR count). The average molecular weight is 478 g/mol. The standard InChI is InChI=1S/C24H16BrNO5/c25-20-13-16(12-19-22(26-31-24(19)29)17-4-2-1-3-5-17)8-11-21(20)30-14-15-6-9-18(10-7-15)23(27)28/h1-13H,14H2,(H,27,28)/b19-12-. The zero-order valence-electron chi connectivity index (χ0n) is 16.1. The molecule has 0 aromatic heterocycles. The number of carbonyl (C=O) groups excluding carboxylic acids is 1. The van der Waals surface area contributed by atoms with E-state index in [1.54, 1.807) is 24.3 Å². The molecular weight excluding hydrogens is 462 g/mol. The van der Waals surface area contributed by atoms with Crippen LogP contribution in [0, 0.1) is 0 Å². The number of hydrogen-bond donors (Lipinski definition) is 1. The molecule has 1 aliphatic rings. The van der Waals surface area contributed by atoms with Gasteiger partial charge >= 0.3 is 11.9 Å². The van der Waals surface area contributed by atoms with Crippen LogP contribution < -0.4 is 4.74 Å². The van der Waals surface area contributed by atoms with Gasteiger partial charge in [0, 0.05) is 5.56 Å². The molecule has 6 nitrogen and oxygen atoms in total. The summed E-state index contributed by atoms with van der Waals surface area (Å²) in [4.78, 5) is 28.0. The fraction of sp³-hybridized carbons (Fsp3) is 0.0417. The monoisotopic (exact) mass is 477 g/mol. The molecule has 0 amide bonds. The summed E-state index contributed by atoms with van der Waals surface area (Å²) in [5.41, 5.74) is 3.53. The number of oxime groups is 1. The zero-order chi connectivity index (χ0) is 21.8. The quantitative estimate of drug-likeness (QED) is 0.395. The molecule has 1 heterocycles. The zero-order valence-corrected chi connectivity index (χ0v) is 17.7. The number of carbonyl (C=O) groups is 2. The van der Waals surface area contributed by atoms with Crippen molar-refractivity contribution in [3.8, 4) is 5.75 Å². The summed E-state index contributed by atoms with van der Waals surface area (Å²) in [7, 11) is 0. The number of carboxylic acids is 1. The molecule has 1 aliphatic heterocycles. The number of aromatic carboxylic acids is 1. The molecular formula is C24H16BrNO5. The Morgan fingerprint density at radius 2 is 1.81 bits per heavy atom. The van der Waals surface area contributed by atoms with Crippen molar-refractivity contribution in [2.45, 2.75) is 6.61 Å². The Kier molecular flexibility index (Phi) is 5.95. The second-order valence-corrected chi connectivity index (χ2v) is 7.58. The van der Waals surface area contributed by atoms with Gasteiger partial charge in [-0.1, -0.05) is 53.7 Å². The number of ether oxygens (including phenoxy) is 1. The number of hydrogen-bond acceptors (Lipinski definition) is 5. The van der Waals surface area contributed by atoms with Gasteiger partial charge in [0.05, 0.1) is 15.6 Å². The van der Waals surface area contributed by atoms with E-state index in [0.717, 1.165) is 16.7 Å². The van der Waals surface area contributed by atoms with Crippen LogP contribution in [0.3, 0.4) is 0 Å². The normalized spacial score (nSPS) is 14.3. The van der Waals surface area contributed by atoms with E-state index in [9.17, 15) is 9.59 Å². The van der Waals surface area contributed by atoms with Gasteiger partial charge in [-0.05, 0) is 57.4 Å². The van der Waals surface area contributed by atoms with Crippen LogP contribution in [0.4, 0.5) is 0 Å². The molecule has 0 aliphatic carbocycles. The SMILES string of the molecule is O=C1ON=C(c2ccccc2)/C1=C/c1ccc(OCc2ccc(C(=O)O)cc2)c(Br)c1. The van der Waals surface area contributed by atoms with Crippen molar-refractivity contribution in [1.29, 1.82) is 0 Å². The Morgan fingerprint density at radius 3 is 2.48 bits per heavy atom. The molecule has 0 fully saturated rings. The molecule has 0 atom stereocenters. The van der Waals surface area contributed by atoms with Gasteiger partial charge in [-0.3, -0.25) is 0 Å². The summed E-state index contributed by atoms with van der Waals surface area (Å²) in [6, 6.07) is 21.3. The minimum absolute atomic E-state index is 0.228. The summed E-state index contributed by atoms with van der Waals surface area (Å²) in [5.74, 6) is -0.845. The first-order chi connectivity index (χ1) is 15.0. The van der Waals surface area contributed by atoms with E-state index in [4.69, 9.17) is 14.7 Å². The highest BCUT2D eigenvalue weighted by Gasteiger charge is 2.26. The van der Waals surface area contributed by atoms with E-state index in [0.29, 0.717) is 21.5 Å². The maximum absolute atomic E-state index is 12.2. The first-order valence-corrected chi connectivity index (χ1v) is 10.1. The van der Waals surface area contributed by atoms with Gasteiger partial charge in [-0.25, -0.2) is 9.59 Å². The van der Waals surface area contributed by atoms with E-state index in [1.807, 2.05) is 42.5 Å². The highest BCUT2D eigenvalue weighted by Crippen LogP contribution is 2.29. The van der Waals surface area contributed by atoms with Crippen LogP contribution in [0.25, 0.3) is 6.08 Å². The third kappa shape index (κ3) is 4.73. The lowest BCUT2D eigenvalue weighted by molar-refractivity contribution is -0.136. The van der Waals surface area contributed by atoms with Crippen LogP contribution in [-0.4, -0.2) is 22.8 Å². The van der Waals surface area contributed by atoms with E-state index in [1.165, 1.54) is 12.1 Å². The predicted molar refractivity (Wildman–Crippen MR) is 119 cm³/mol. The smallest absolute Gasteiger partial charge is 0.368 e. The average Bonchev–Trinajstić information content (AvgIpc) is 3.14. The van der Waals surface area contributed by atoms with Crippen LogP contribution in [0.2, 0.25) is 0 Å². The van der Waals surface area contributed by atoms with Crippen molar-refractivity contribution in [1.82, 2.24) is 0 Å². The number of carboxylic acid groups (broad SMARTS) is 1. The van der Waals surface area contributed by atoms with Gasteiger partial charge in [0.2, 0.25) is 0 Å². The number of halogens is 1. The van der Waals surface area contributed by atoms with Gasteiger partial charge in [0.15, 0.2) is 0 Å². The Morgan fingerprint density at radius 1 is 1.06 bits per heavy atom. The highest BCUT2D eigenvalue weighted by molar-refractivity contribution is 9.10. The first kappa shape index (κ1) is 20.6. The fourth-order valence-corrected chi connectivity index (χ4v) is 3.52. The van der Waals surface area contributed by atoms with Crippen molar-refractivity contribution < 1.29 is 24.3 Å². The molecule has 3 aromatic carbocycles. The second-order valence-electron chi connectivity index (χ2n) is 6.72.